The summed E-state index contributed by atoms with van der Waals surface area (Å²) in [6.07, 6.45) is 0.416. The molecule has 100 valence electrons. The van der Waals surface area contributed by atoms with Crippen molar-refractivity contribution < 1.29 is 9.53 Å². The van der Waals surface area contributed by atoms with Crippen molar-refractivity contribution in [1.82, 2.24) is 4.90 Å². The third kappa shape index (κ3) is 5.85. The SMILES string of the molecule is CN(CCOCCCl)C(=O)Cc1ccc(Br)cc1. The van der Waals surface area contributed by atoms with E-state index in [0.29, 0.717) is 32.1 Å². The van der Waals surface area contributed by atoms with Crippen LogP contribution in [0, 0.1) is 0 Å². The summed E-state index contributed by atoms with van der Waals surface area (Å²) >= 11 is 8.86. The highest BCUT2D eigenvalue weighted by molar-refractivity contribution is 9.10. The van der Waals surface area contributed by atoms with Gasteiger partial charge in [-0.05, 0) is 17.7 Å². The maximum Gasteiger partial charge on any atom is 0.226 e. The second-order valence-corrected chi connectivity index (χ2v) is 5.21. The summed E-state index contributed by atoms with van der Waals surface area (Å²) in [6, 6.07) is 7.76. The molecule has 0 saturated heterocycles. The highest BCUT2D eigenvalue weighted by Crippen LogP contribution is 2.11. The molecular weight excluding hydrogens is 318 g/mol. The van der Waals surface area contributed by atoms with Crippen LogP contribution in [-0.4, -0.2) is 43.5 Å². The number of carbonyl (C=O) groups excluding carboxylic acids is 1. The fourth-order valence-corrected chi connectivity index (χ4v) is 1.77. The molecule has 1 aromatic carbocycles. The zero-order valence-corrected chi connectivity index (χ0v) is 12.7. The molecule has 0 radical (unpaired) electrons. The first-order valence-electron chi connectivity index (χ1n) is 5.75. The number of halogens is 2. The van der Waals surface area contributed by atoms with E-state index >= 15 is 0 Å². The van der Waals surface area contributed by atoms with E-state index < -0.39 is 0 Å². The Morgan fingerprint density at radius 1 is 1.33 bits per heavy atom. The Bertz CT molecular complexity index is 370. The Kier molecular flexibility index (Phi) is 7.32. The molecule has 0 aromatic heterocycles. The van der Waals surface area contributed by atoms with Gasteiger partial charge in [0.15, 0.2) is 0 Å². The number of ether oxygens (including phenoxy) is 1. The van der Waals surface area contributed by atoms with Crippen LogP contribution in [0.25, 0.3) is 0 Å². The molecule has 0 saturated carbocycles. The van der Waals surface area contributed by atoms with Crippen LogP contribution >= 0.6 is 27.5 Å². The van der Waals surface area contributed by atoms with Crippen molar-refractivity contribution in [2.24, 2.45) is 0 Å². The van der Waals surface area contributed by atoms with Crippen LogP contribution in [0.4, 0.5) is 0 Å². The Morgan fingerprint density at radius 3 is 2.61 bits per heavy atom. The number of rotatable bonds is 7. The van der Waals surface area contributed by atoms with E-state index in [2.05, 4.69) is 15.9 Å². The molecule has 1 aromatic rings. The Labute approximate surface area is 121 Å². The fourth-order valence-electron chi connectivity index (χ4n) is 1.39. The molecule has 5 heteroatoms. The standard InChI is InChI=1S/C13H17BrClNO2/c1-16(7-9-18-8-6-15)13(17)10-11-2-4-12(14)5-3-11/h2-5H,6-10H2,1H3. The van der Waals surface area contributed by atoms with Gasteiger partial charge in [-0.2, -0.15) is 0 Å². The van der Waals surface area contributed by atoms with Gasteiger partial charge in [-0.15, -0.1) is 11.6 Å². The minimum atomic E-state index is 0.0896. The summed E-state index contributed by atoms with van der Waals surface area (Å²) in [5, 5.41) is 0. The molecule has 0 fully saturated rings. The number of nitrogens with zero attached hydrogens (tertiary/aromatic N) is 1. The van der Waals surface area contributed by atoms with Crippen LogP contribution in [-0.2, 0) is 16.0 Å². The lowest BCUT2D eigenvalue weighted by Crippen LogP contribution is -2.31. The van der Waals surface area contributed by atoms with E-state index in [9.17, 15) is 4.79 Å². The van der Waals surface area contributed by atoms with E-state index in [1.807, 2.05) is 24.3 Å². The molecule has 0 aliphatic heterocycles. The molecule has 0 bridgehead atoms. The molecule has 0 aliphatic rings. The lowest BCUT2D eigenvalue weighted by Gasteiger charge is -2.17. The van der Waals surface area contributed by atoms with E-state index in [1.165, 1.54) is 0 Å². The summed E-state index contributed by atoms with van der Waals surface area (Å²) in [7, 11) is 1.78. The van der Waals surface area contributed by atoms with Crippen molar-refractivity contribution in [2.45, 2.75) is 6.42 Å². The molecule has 0 heterocycles. The molecular formula is C13H17BrClNO2. The van der Waals surface area contributed by atoms with Crippen molar-refractivity contribution in [3.63, 3.8) is 0 Å². The Morgan fingerprint density at radius 2 is 2.00 bits per heavy atom. The monoisotopic (exact) mass is 333 g/mol. The highest BCUT2D eigenvalue weighted by Gasteiger charge is 2.09. The molecule has 1 amide bonds. The van der Waals surface area contributed by atoms with Gasteiger partial charge < -0.3 is 9.64 Å². The maximum atomic E-state index is 11.9. The van der Waals surface area contributed by atoms with Crippen molar-refractivity contribution in [3.05, 3.63) is 34.3 Å². The van der Waals surface area contributed by atoms with E-state index in [0.717, 1.165) is 10.0 Å². The number of hydrogen-bond donors (Lipinski definition) is 0. The highest BCUT2D eigenvalue weighted by atomic mass is 79.9. The van der Waals surface area contributed by atoms with Crippen molar-refractivity contribution in [1.29, 1.82) is 0 Å². The van der Waals surface area contributed by atoms with E-state index in [-0.39, 0.29) is 5.91 Å². The van der Waals surface area contributed by atoms with Crippen LogP contribution in [0.15, 0.2) is 28.7 Å². The second kappa shape index (κ2) is 8.51. The number of alkyl halides is 1. The third-order valence-corrected chi connectivity index (χ3v) is 3.17. The van der Waals surface area contributed by atoms with Gasteiger partial charge in [0, 0.05) is 23.9 Å². The summed E-state index contributed by atoms with van der Waals surface area (Å²) < 4.78 is 6.25. The van der Waals surface area contributed by atoms with Gasteiger partial charge in [0.25, 0.3) is 0 Å². The Balaban J connectivity index is 2.33. The topological polar surface area (TPSA) is 29.5 Å². The average Bonchev–Trinajstić information content (AvgIpc) is 2.37. The quantitative estimate of drug-likeness (QED) is 0.567. The summed E-state index contributed by atoms with van der Waals surface area (Å²) in [4.78, 5) is 13.6. The molecule has 0 spiro atoms. The van der Waals surface area contributed by atoms with Crippen molar-refractivity contribution >= 4 is 33.4 Å². The fraction of sp³-hybridized carbons (Fsp3) is 0.462. The van der Waals surface area contributed by atoms with Gasteiger partial charge >= 0.3 is 0 Å². The van der Waals surface area contributed by atoms with E-state index in [1.54, 1.807) is 11.9 Å². The second-order valence-electron chi connectivity index (χ2n) is 3.92. The number of likely N-dealkylation sites (N-methyl/N-ethyl adjacent to an activating group) is 1. The van der Waals surface area contributed by atoms with Crippen LogP contribution in [0.3, 0.4) is 0 Å². The van der Waals surface area contributed by atoms with Crippen molar-refractivity contribution in [2.75, 3.05) is 32.7 Å². The van der Waals surface area contributed by atoms with Crippen LogP contribution in [0.5, 0.6) is 0 Å². The molecule has 1 rings (SSSR count). The molecule has 3 nitrogen and oxygen atoms in total. The molecule has 0 atom stereocenters. The summed E-state index contributed by atoms with van der Waals surface area (Å²) in [5.74, 6) is 0.572. The van der Waals surface area contributed by atoms with Crippen molar-refractivity contribution in [3.8, 4) is 0 Å². The first-order valence-corrected chi connectivity index (χ1v) is 7.08. The molecule has 0 unspecified atom stereocenters. The normalized spacial score (nSPS) is 10.4. The maximum absolute atomic E-state index is 11.9. The minimum Gasteiger partial charge on any atom is -0.378 e. The largest absolute Gasteiger partial charge is 0.378 e. The molecule has 18 heavy (non-hydrogen) atoms. The lowest BCUT2D eigenvalue weighted by atomic mass is 10.1. The number of hydrogen-bond acceptors (Lipinski definition) is 2. The number of carbonyl (C=O) groups is 1. The predicted octanol–water partition coefficient (Wildman–Crippen LogP) is 2.71. The first-order chi connectivity index (χ1) is 8.63. The van der Waals surface area contributed by atoms with Crippen LogP contribution in [0.2, 0.25) is 0 Å². The summed E-state index contributed by atoms with van der Waals surface area (Å²) in [5.41, 5.74) is 1.01. The van der Waals surface area contributed by atoms with Crippen LogP contribution < -0.4 is 0 Å². The van der Waals surface area contributed by atoms with Gasteiger partial charge in [-0.25, -0.2) is 0 Å². The van der Waals surface area contributed by atoms with Gasteiger partial charge in [0.05, 0.1) is 19.6 Å². The smallest absolute Gasteiger partial charge is 0.226 e. The van der Waals surface area contributed by atoms with Gasteiger partial charge in [-0.3, -0.25) is 4.79 Å². The number of benzene rings is 1. The zero-order valence-electron chi connectivity index (χ0n) is 10.4. The predicted molar refractivity (Wildman–Crippen MR) is 77.0 cm³/mol. The van der Waals surface area contributed by atoms with Gasteiger partial charge in [0.2, 0.25) is 5.91 Å². The van der Waals surface area contributed by atoms with Gasteiger partial charge in [0.1, 0.15) is 0 Å². The van der Waals surface area contributed by atoms with Gasteiger partial charge in [-0.1, -0.05) is 28.1 Å². The summed E-state index contributed by atoms with van der Waals surface area (Å²) in [6.45, 7) is 1.64. The third-order valence-electron chi connectivity index (χ3n) is 2.49. The zero-order chi connectivity index (χ0) is 13.4. The Hall–Kier alpha value is -0.580. The first kappa shape index (κ1) is 15.5. The molecule has 0 aliphatic carbocycles. The minimum absolute atomic E-state index is 0.0896. The van der Waals surface area contributed by atoms with Crippen LogP contribution in [0.1, 0.15) is 5.56 Å². The average molecular weight is 335 g/mol. The van der Waals surface area contributed by atoms with E-state index in [4.69, 9.17) is 16.3 Å². The molecule has 0 N–H and O–H groups in total. The lowest BCUT2D eigenvalue weighted by molar-refractivity contribution is -0.129. The number of amides is 1.